The van der Waals surface area contributed by atoms with Gasteiger partial charge in [-0.3, -0.25) is 4.68 Å². The summed E-state index contributed by atoms with van der Waals surface area (Å²) < 4.78 is 1.86. The Morgan fingerprint density at radius 2 is 2.40 bits per heavy atom. The molecule has 1 aliphatic rings. The van der Waals surface area contributed by atoms with Crippen molar-refractivity contribution in [2.45, 2.75) is 45.2 Å². The van der Waals surface area contributed by atoms with Crippen molar-refractivity contribution < 1.29 is 0 Å². The highest BCUT2D eigenvalue weighted by atomic mass is 15.2. The number of hydrogen-bond donors (Lipinski definition) is 1. The van der Waals surface area contributed by atoms with Gasteiger partial charge < -0.3 is 5.32 Å². The van der Waals surface area contributed by atoms with E-state index in [1.807, 2.05) is 17.9 Å². The van der Waals surface area contributed by atoms with E-state index in [4.69, 9.17) is 0 Å². The highest BCUT2D eigenvalue weighted by molar-refractivity contribution is 5.03. The number of hydrogen-bond acceptors (Lipinski definition) is 2. The summed E-state index contributed by atoms with van der Waals surface area (Å²) in [5.41, 5.74) is 1.29. The third-order valence-electron chi connectivity index (χ3n) is 3.29. The lowest BCUT2D eigenvalue weighted by Crippen LogP contribution is -2.32. The molecule has 3 nitrogen and oxygen atoms in total. The lowest BCUT2D eigenvalue weighted by Gasteiger charge is -2.27. The molecule has 1 N–H and O–H groups in total. The van der Waals surface area contributed by atoms with E-state index >= 15 is 0 Å². The Labute approximate surface area is 91.9 Å². The van der Waals surface area contributed by atoms with Crippen LogP contribution >= 0.6 is 0 Å². The topological polar surface area (TPSA) is 29.9 Å². The molecule has 1 heterocycles. The Morgan fingerprint density at radius 3 is 3.07 bits per heavy atom. The standard InChI is InChI=1S/C12H21N3/c1-10-4-3-5-12(6-10)13-7-11-8-14-15(2)9-11/h8-10,12-13H,3-7H2,1-2H3/t10-,12+/m0/s1. The van der Waals surface area contributed by atoms with Crippen molar-refractivity contribution in [1.82, 2.24) is 15.1 Å². The highest BCUT2D eigenvalue weighted by Gasteiger charge is 2.17. The monoisotopic (exact) mass is 207 g/mol. The molecule has 1 aromatic rings. The zero-order valence-electron chi connectivity index (χ0n) is 9.74. The van der Waals surface area contributed by atoms with Crippen LogP contribution in [0.3, 0.4) is 0 Å². The molecule has 0 saturated heterocycles. The van der Waals surface area contributed by atoms with Crippen LogP contribution in [0.4, 0.5) is 0 Å². The van der Waals surface area contributed by atoms with E-state index in [-0.39, 0.29) is 0 Å². The van der Waals surface area contributed by atoms with Crippen molar-refractivity contribution in [3.8, 4) is 0 Å². The molecule has 2 atom stereocenters. The van der Waals surface area contributed by atoms with Gasteiger partial charge in [-0.05, 0) is 18.8 Å². The SMILES string of the molecule is C[C@H]1CCC[C@@H](NCc2cnn(C)c2)C1. The molecule has 0 unspecified atom stereocenters. The van der Waals surface area contributed by atoms with Gasteiger partial charge in [0.25, 0.3) is 0 Å². The molecular formula is C12H21N3. The van der Waals surface area contributed by atoms with E-state index in [0.29, 0.717) is 6.04 Å². The molecule has 3 heteroatoms. The van der Waals surface area contributed by atoms with Gasteiger partial charge in [-0.15, -0.1) is 0 Å². The first-order chi connectivity index (χ1) is 7.24. The third kappa shape index (κ3) is 3.06. The van der Waals surface area contributed by atoms with Gasteiger partial charge in [0.15, 0.2) is 0 Å². The van der Waals surface area contributed by atoms with E-state index in [1.165, 1.54) is 31.2 Å². The van der Waals surface area contributed by atoms with Gasteiger partial charge in [-0.2, -0.15) is 5.10 Å². The quantitative estimate of drug-likeness (QED) is 0.822. The van der Waals surface area contributed by atoms with Crippen LogP contribution in [0, 0.1) is 5.92 Å². The Balaban J connectivity index is 1.77. The van der Waals surface area contributed by atoms with Crippen LogP contribution in [0.25, 0.3) is 0 Å². The molecule has 1 aromatic heterocycles. The van der Waals surface area contributed by atoms with Crippen molar-refractivity contribution in [1.29, 1.82) is 0 Å². The minimum absolute atomic E-state index is 0.717. The van der Waals surface area contributed by atoms with E-state index in [2.05, 4.69) is 23.5 Å². The van der Waals surface area contributed by atoms with E-state index in [1.54, 1.807) is 0 Å². The summed E-state index contributed by atoms with van der Waals surface area (Å²) >= 11 is 0. The molecular weight excluding hydrogens is 186 g/mol. The van der Waals surface area contributed by atoms with Crippen molar-refractivity contribution >= 4 is 0 Å². The Hall–Kier alpha value is -0.830. The summed E-state index contributed by atoms with van der Waals surface area (Å²) in [7, 11) is 1.96. The predicted octanol–water partition coefficient (Wildman–Crippen LogP) is 2.09. The molecule has 15 heavy (non-hydrogen) atoms. The largest absolute Gasteiger partial charge is 0.310 e. The number of aromatic nitrogens is 2. The summed E-state index contributed by atoms with van der Waals surface area (Å²) in [6.07, 6.45) is 9.49. The van der Waals surface area contributed by atoms with E-state index in [9.17, 15) is 0 Å². The van der Waals surface area contributed by atoms with Crippen molar-refractivity contribution in [3.63, 3.8) is 0 Å². The maximum atomic E-state index is 4.17. The van der Waals surface area contributed by atoms with Gasteiger partial charge in [0, 0.05) is 31.4 Å². The first kappa shape index (κ1) is 10.7. The molecule has 2 rings (SSSR count). The molecule has 0 bridgehead atoms. The Kier molecular flexibility index (Phi) is 3.41. The molecule has 1 fully saturated rings. The summed E-state index contributed by atoms with van der Waals surface area (Å²) in [4.78, 5) is 0. The van der Waals surface area contributed by atoms with Crippen LogP contribution in [-0.2, 0) is 13.6 Å². The fourth-order valence-electron chi connectivity index (χ4n) is 2.44. The van der Waals surface area contributed by atoms with Crippen LogP contribution in [0.15, 0.2) is 12.4 Å². The zero-order valence-corrected chi connectivity index (χ0v) is 9.74. The number of rotatable bonds is 3. The van der Waals surface area contributed by atoms with Crippen LogP contribution in [0.5, 0.6) is 0 Å². The maximum Gasteiger partial charge on any atom is 0.0534 e. The van der Waals surface area contributed by atoms with Gasteiger partial charge in [-0.1, -0.05) is 19.8 Å². The normalized spacial score (nSPS) is 26.8. The first-order valence-corrected chi connectivity index (χ1v) is 5.95. The summed E-state index contributed by atoms with van der Waals surface area (Å²) in [6.45, 7) is 3.32. The van der Waals surface area contributed by atoms with Crippen molar-refractivity contribution in [2.75, 3.05) is 0 Å². The van der Waals surface area contributed by atoms with Crippen LogP contribution in [0.1, 0.15) is 38.2 Å². The van der Waals surface area contributed by atoms with Crippen LogP contribution < -0.4 is 5.32 Å². The van der Waals surface area contributed by atoms with Crippen LogP contribution in [-0.4, -0.2) is 15.8 Å². The summed E-state index contributed by atoms with van der Waals surface area (Å²) in [5.74, 6) is 0.894. The minimum Gasteiger partial charge on any atom is -0.310 e. The van der Waals surface area contributed by atoms with Gasteiger partial charge in [-0.25, -0.2) is 0 Å². The molecule has 84 valence electrons. The lowest BCUT2D eigenvalue weighted by atomic mass is 9.87. The smallest absolute Gasteiger partial charge is 0.0534 e. The second-order valence-corrected chi connectivity index (χ2v) is 4.87. The van der Waals surface area contributed by atoms with E-state index < -0.39 is 0 Å². The van der Waals surface area contributed by atoms with Crippen molar-refractivity contribution in [2.24, 2.45) is 13.0 Å². The van der Waals surface area contributed by atoms with Gasteiger partial charge in [0.1, 0.15) is 0 Å². The second-order valence-electron chi connectivity index (χ2n) is 4.87. The summed E-state index contributed by atoms with van der Waals surface area (Å²) in [5, 5.41) is 7.80. The van der Waals surface area contributed by atoms with Gasteiger partial charge in [0.05, 0.1) is 6.20 Å². The average molecular weight is 207 g/mol. The molecule has 0 amide bonds. The maximum absolute atomic E-state index is 4.17. The molecule has 0 aromatic carbocycles. The number of nitrogens with zero attached hydrogens (tertiary/aromatic N) is 2. The third-order valence-corrected chi connectivity index (χ3v) is 3.29. The summed E-state index contributed by atoms with van der Waals surface area (Å²) in [6, 6.07) is 0.717. The highest BCUT2D eigenvalue weighted by Crippen LogP contribution is 2.23. The minimum atomic E-state index is 0.717. The fraction of sp³-hybridized carbons (Fsp3) is 0.750. The molecule has 0 aliphatic heterocycles. The molecule has 0 spiro atoms. The first-order valence-electron chi connectivity index (χ1n) is 5.95. The molecule has 0 radical (unpaired) electrons. The molecule has 1 saturated carbocycles. The van der Waals surface area contributed by atoms with Gasteiger partial charge in [0.2, 0.25) is 0 Å². The van der Waals surface area contributed by atoms with Crippen molar-refractivity contribution in [3.05, 3.63) is 18.0 Å². The molecule has 1 aliphatic carbocycles. The second kappa shape index (κ2) is 4.79. The van der Waals surface area contributed by atoms with E-state index in [0.717, 1.165) is 12.5 Å². The Morgan fingerprint density at radius 1 is 1.53 bits per heavy atom. The van der Waals surface area contributed by atoms with Crippen LogP contribution in [0.2, 0.25) is 0 Å². The average Bonchev–Trinajstić information content (AvgIpc) is 2.62. The number of nitrogens with one attached hydrogen (secondary N) is 1. The lowest BCUT2D eigenvalue weighted by molar-refractivity contribution is 0.300. The number of aryl methyl sites for hydroxylation is 1. The fourth-order valence-corrected chi connectivity index (χ4v) is 2.44. The zero-order chi connectivity index (χ0) is 10.7. The Bertz CT molecular complexity index is 306. The predicted molar refractivity (Wildman–Crippen MR) is 61.5 cm³/mol. The van der Waals surface area contributed by atoms with Gasteiger partial charge >= 0.3 is 0 Å².